The number of nitrogens with zero attached hydrogens (tertiary/aromatic N) is 3. The summed E-state index contributed by atoms with van der Waals surface area (Å²) in [6.07, 6.45) is 4.43. The number of carbonyl (C=O) groups excluding carboxylic acids is 4. The number of non-ortho nitro benzene ring substituents is 1. The molecule has 3 amide bonds. The molecular formula is C25H23N3O6. The Balaban J connectivity index is 1.74. The van der Waals surface area contributed by atoms with Gasteiger partial charge in [-0.15, -0.1) is 0 Å². The SMILES string of the molecule is Cc1ccc(C(=O)[C@H](C)N(C(=O)c2ccc([N+](=O)[O-])cc2)N2C(=O)[C@@H]3CC=CC[C@H]3C2=O)cc1. The molecule has 0 N–H and O–H groups in total. The van der Waals surface area contributed by atoms with E-state index in [-0.39, 0.29) is 11.3 Å². The topological polar surface area (TPSA) is 118 Å². The summed E-state index contributed by atoms with van der Waals surface area (Å²) in [6, 6.07) is 10.4. The van der Waals surface area contributed by atoms with Crippen LogP contribution in [0.1, 0.15) is 46.0 Å². The molecule has 0 unspecified atom stereocenters. The molecule has 2 aromatic carbocycles. The van der Waals surface area contributed by atoms with Gasteiger partial charge in [0.2, 0.25) is 0 Å². The lowest BCUT2D eigenvalue weighted by atomic mass is 9.85. The summed E-state index contributed by atoms with van der Waals surface area (Å²) in [5.74, 6) is -3.45. The number of hydrogen-bond acceptors (Lipinski definition) is 6. The second kappa shape index (κ2) is 9.01. The summed E-state index contributed by atoms with van der Waals surface area (Å²) in [7, 11) is 0. The maximum Gasteiger partial charge on any atom is 0.273 e. The molecule has 1 saturated heterocycles. The number of fused-ring (bicyclic) bond motifs is 1. The van der Waals surface area contributed by atoms with Crippen LogP contribution in [0.15, 0.2) is 60.7 Å². The van der Waals surface area contributed by atoms with Gasteiger partial charge in [0, 0.05) is 23.3 Å². The average Bonchev–Trinajstić information content (AvgIpc) is 3.09. The van der Waals surface area contributed by atoms with E-state index in [1.54, 1.807) is 24.3 Å². The average molecular weight is 461 g/mol. The number of nitro groups is 1. The second-order valence-corrected chi connectivity index (χ2v) is 8.50. The molecule has 2 aromatic rings. The van der Waals surface area contributed by atoms with Crippen LogP contribution in [0.4, 0.5) is 5.69 Å². The predicted octanol–water partition coefficient (Wildman–Crippen LogP) is 3.48. The zero-order chi connectivity index (χ0) is 24.6. The molecule has 4 rings (SSSR count). The Morgan fingerprint density at radius 2 is 1.44 bits per heavy atom. The van der Waals surface area contributed by atoms with E-state index in [2.05, 4.69) is 0 Å². The Kier molecular flexibility index (Phi) is 6.10. The number of ketones is 1. The Bertz CT molecular complexity index is 1180. The molecular weight excluding hydrogens is 438 g/mol. The summed E-state index contributed by atoms with van der Waals surface area (Å²) in [6.45, 7) is 3.34. The van der Waals surface area contributed by atoms with Crippen LogP contribution in [0.25, 0.3) is 0 Å². The minimum absolute atomic E-state index is 0.0164. The quantitative estimate of drug-likeness (QED) is 0.214. The summed E-state index contributed by atoms with van der Waals surface area (Å²) in [4.78, 5) is 63.8. The first-order chi connectivity index (χ1) is 16.2. The Morgan fingerprint density at radius 3 is 1.94 bits per heavy atom. The maximum atomic E-state index is 13.6. The van der Waals surface area contributed by atoms with Crippen molar-refractivity contribution in [2.75, 3.05) is 0 Å². The molecule has 1 heterocycles. The van der Waals surface area contributed by atoms with Gasteiger partial charge < -0.3 is 0 Å². The first-order valence-electron chi connectivity index (χ1n) is 10.9. The van der Waals surface area contributed by atoms with Crippen LogP contribution in [0.5, 0.6) is 0 Å². The highest BCUT2D eigenvalue weighted by atomic mass is 16.6. The lowest BCUT2D eigenvalue weighted by Gasteiger charge is -2.34. The number of imide groups is 1. The third kappa shape index (κ3) is 4.00. The number of aryl methyl sites for hydroxylation is 1. The van der Waals surface area contributed by atoms with Crippen molar-refractivity contribution in [3.63, 3.8) is 0 Å². The highest BCUT2D eigenvalue weighted by molar-refractivity contribution is 6.10. The number of hydrazine groups is 1. The fourth-order valence-corrected chi connectivity index (χ4v) is 4.36. The molecule has 0 bridgehead atoms. The second-order valence-electron chi connectivity index (χ2n) is 8.50. The molecule has 1 aliphatic carbocycles. The van der Waals surface area contributed by atoms with Crippen molar-refractivity contribution in [3.8, 4) is 0 Å². The Labute approximate surface area is 195 Å². The van der Waals surface area contributed by atoms with Crippen LogP contribution in [0.2, 0.25) is 0 Å². The van der Waals surface area contributed by atoms with Crippen LogP contribution in [0, 0.1) is 28.9 Å². The molecule has 0 radical (unpaired) electrons. The lowest BCUT2D eigenvalue weighted by molar-refractivity contribution is -0.384. The van der Waals surface area contributed by atoms with Crippen LogP contribution >= 0.6 is 0 Å². The van der Waals surface area contributed by atoms with Crippen molar-refractivity contribution in [1.82, 2.24) is 10.0 Å². The van der Waals surface area contributed by atoms with E-state index in [4.69, 9.17) is 0 Å². The fourth-order valence-electron chi connectivity index (χ4n) is 4.36. The lowest BCUT2D eigenvalue weighted by Crippen LogP contribution is -2.56. The number of hydrogen-bond donors (Lipinski definition) is 0. The van der Waals surface area contributed by atoms with Gasteiger partial charge in [-0.05, 0) is 38.8 Å². The minimum Gasteiger partial charge on any atom is -0.292 e. The van der Waals surface area contributed by atoms with Crippen LogP contribution < -0.4 is 0 Å². The highest BCUT2D eigenvalue weighted by Crippen LogP contribution is 2.37. The number of rotatable bonds is 6. The van der Waals surface area contributed by atoms with E-state index in [1.165, 1.54) is 19.1 Å². The van der Waals surface area contributed by atoms with Crippen molar-refractivity contribution >= 4 is 29.2 Å². The molecule has 3 atom stereocenters. The zero-order valence-corrected chi connectivity index (χ0v) is 18.7. The van der Waals surface area contributed by atoms with Gasteiger partial charge in [0.25, 0.3) is 23.4 Å². The normalized spacial score (nSPS) is 20.1. The molecule has 34 heavy (non-hydrogen) atoms. The maximum absolute atomic E-state index is 13.6. The standard InChI is InChI=1S/C25H23N3O6/c1-15-7-9-17(10-8-15)22(29)16(2)26(23(30)18-11-13-19(14-12-18)28(33)34)27-24(31)20-5-3-4-6-21(20)25(27)32/h3-4,7-14,16,20-21H,5-6H2,1-2H3/t16-,20+,21+/m0/s1. The monoisotopic (exact) mass is 461 g/mol. The Morgan fingerprint density at radius 1 is 0.941 bits per heavy atom. The highest BCUT2D eigenvalue weighted by Gasteiger charge is 2.52. The van der Waals surface area contributed by atoms with Gasteiger partial charge in [-0.3, -0.25) is 29.3 Å². The molecule has 0 saturated carbocycles. The number of amides is 3. The summed E-state index contributed by atoms with van der Waals surface area (Å²) in [5.41, 5.74) is 1.09. The van der Waals surface area contributed by atoms with E-state index in [9.17, 15) is 29.3 Å². The Hall–Kier alpha value is -4.14. The molecule has 9 heteroatoms. The zero-order valence-electron chi connectivity index (χ0n) is 18.7. The van der Waals surface area contributed by atoms with Gasteiger partial charge in [0.15, 0.2) is 5.78 Å². The molecule has 1 aliphatic heterocycles. The van der Waals surface area contributed by atoms with E-state index in [1.807, 2.05) is 19.1 Å². The molecule has 9 nitrogen and oxygen atoms in total. The van der Waals surface area contributed by atoms with E-state index < -0.39 is 46.3 Å². The smallest absolute Gasteiger partial charge is 0.273 e. The summed E-state index contributed by atoms with van der Waals surface area (Å²) in [5, 5.41) is 12.7. The molecule has 0 spiro atoms. The van der Waals surface area contributed by atoms with Gasteiger partial charge in [-0.1, -0.05) is 42.0 Å². The van der Waals surface area contributed by atoms with Crippen LogP contribution in [-0.2, 0) is 9.59 Å². The molecule has 2 aliphatic rings. The van der Waals surface area contributed by atoms with Gasteiger partial charge in [-0.2, -0.15) is 5.01 Å². The summed E-state index contributed by atoms with van der Waals surface area (Å²) >= 11 is 0. The molecule has 174 valence electrons. The predicted molar refractivity (Wildman–Crippen MR) is 121 cm³/mol. The first-order valence-corrected chi connectivity index (χ1v) is 10.9. The third-order valence-electron chi connectivity index (χ3n) is 6.32. The van der Waals surface area contributed by atoms with Crippen LogP contribution in [-0.4, -0.2) is 44.5 Å². The number of Topliss-reactive ketones (excluding diaryl/α,β-unsaturated/α-hetero) is 1. The van der Waals surface area contributed by atoms with Crippen molar-refractivity contribution in [2.24, 2.45) is 11.8 Å². The van der Waals surface area contributed by atoms with Crippen molar-refractivity contribution in [3.05, 3.63) is 87.5 Å². The fraction of sp³-hybridized carbons (Fsp3) is 0.280. The number of benzene rings is 2. The molecule has 0 aromatic heterocycles. The van der Waals surface area contributed by atoms with Crippen molar-refractivity contribution in [1.29, 1.82) is 0 Å². The largest absolute Gasteiger partial charge is 0.292 e. The number of carbonyl (C=O) groups is 4. The number of nitro benzene ring substituents is 1. The van der Waals surface area contributed by atoms with Crippen LogP contribution in [0.3, 0.4) is 0 Å². The van der Waals surface area contributed by atoms with Gasteiger partial charge in [-0.25, -0.2) is 5.01 Å². The third-order valence-corrected chi connectivity index (χ3v) is 6.32. The van der Waals surface area contributed by atoms with Gasteiger partial charge >= 0.3 is 0 Å². The van der Waals surface area contributed by atoms with E-state index in [0.29, 0.717) is 18.4 Å². The minimum atomic E-state index is -1.17. The summed E-state index contributed by atoms with van der Waals surface area (Å²) < 4.78 is 0. The van der Waals surface area contributed by atoms with Crippen molar-refractivity contribution in [2.45, 2.75) is 32.7 Å². The van der Waals surface area contributed by atoms with Gasteiger partial charge in [0.05, 0.1) is 16.8 Å². The number of allylic oxidation sites excluding steroid dienone is 2. The van der Waals surface area contributed by atoms with E-state index in [0.717, 1.165) is 27.7 Å². The van der Waals surface area contributed by atoms with Gasteiger partial charge in [0.1, 0.15) is 6.04 Å². The van der Waals surface area contributed by atoms with Crippen molar-refractivity contribution < 1.29 is 24.1 Å². The first kappa shape index (κ1) is 23.0. The molecule has 1 fully saturated rings. The van der Waals surface area contributed by atoms with E-state index >= 15 is 0 Å².